The van der Waals surface area contributed by atoms with Crippen LogP contribution < -0.4 is 5.32 Å². The zero-order valence-corrected chi connectivity index (χ0v) is 13.6. The van der Waals surface area contributed by atoms with Crippen LogP contribution in [0.2, 0.25) is 0 Å². The molecule has 118 valence electrons. The van der Waals surface area contributed by atoms with Crippen molar-refractivity contribution in [2.75, 3.05) is 26.2 Å². The minimum Gasteiger partial charge on any atom is -0.392 e. The van der Waals surface area contributed by atoms with Gasteiger partial charge >= 0.3 is 0 Å². The highest BCUT2D eigenvalue weighted by Gasteiger charge is 2.33. The number of rotatable bonds is 6. The van der Waals surface area contributed by atoms with Crippen LogP contribution in [0.25, 0.3) is 0 Å². The number of aliphatic hydroxyl groups is 1. The Kier molecular flexibility index (Phi) is 6.31. The second-order valence-corrected chi connectivity index (χ2v) is 7.34. The number of aliphatic hydroxyl groups excluding tert-OH is 1. The van der Waals surface area contributed by atoms with Crippen LogP contribution in [0.15, 0.2) is 0 Å². The molecular weight excluding hydrogens is 248 g/mol. The standard InChI is InChI=1S/C17H34N2O/c1-4-8-18-17-6-5-14(13(2)3)10-15(17)11-19-9-7-16(20)12-19/h13-18,20H,4-12H2,1-3H3. The third kappa shape index (κ3) is 4.44. The number of likely N-dealkylation sites (tertiary alicyclic amines) is 1. The monoisotopic (exact) mass is 282 g/mol. The quantitative estimate of drug-likeness (QED) is 0.786. The highest BCUT2D eigenvalue weighted by Crippen LogP contribution is 2.34. The van der Waals surface area contributed by atoms with Crippen molar-refractivity contribution in [1.82, 2.24) is 10.2 Å². The largest absolute Gasteiger partial charge is 0.392 e. The van der Waals surface area contributed by atoms with Gasteiger partial charge in [0.1, 0.15) is 0 Å². The van der Waals surface area contributed by atoms with E-state index >= 15 is 0 Å². The molecule has 2 N–H and O–H groups in total. The molecule has 20 heavy (non-hydrogen) atoms. The van der Waals surface area contributed by atoms with Gasteiger partial charge in [-0.1, -0.05) is 20.8 Å². The van der Waals surface area contributed by atoms with Gasteiger partial charge in [-0.25, -0.2) is 0 Å². The molecule has 1 saturated carbocycles. The highest BCUT2D eigenvalue weighted by atomic mass is 16.3. The van der Waals surface area contributed by atoms with Crippen LogP contribution in [0.1, 0.15) is 52.9 Å². The lowest BCUT2D eigenvalue weighted by atomic mass is 9.73. The Labute approximate surface area is 125 Å². The number of hydrogen-bond donors (Lipinski definition) is 2. The first kappa shape index (κ1) is 16.3. The molecule has 0 aromatic carbocycles. The molecule has 2 rings (SSSR count). The van der Waals surface area contributed by atoms with E-state index in [-0.39, 0.29) is 6.10 Å². The summed E-state index contributed by atoms with van der Waals surface area (Å²) in [6.07, 6.45) is 6.20. The van der Waals surface area contributed by atoms with Gasteiger partial charge in [0.05, 0.1) is 6.10 Å². The van der Waals surface area contributed by atoms with Gasteiger partial charge < -0.3 is 15.3 Å². The van der Waals surface area contributed by atoms with Gasteiger partial charge in [-0.2, -0.15) is 0 Å². The summed E-state index contributed by atoms with van der Waals surface area (Å²) in [5.74, 6) is 2.48. The van der Waals surface area contributed by atoms with Crippen LogP contribution in [0, 0.1) is 17.8 Å². The molecule has 2 aliphatic rings. The normalized spacial score (nSPS) is 35.9. The Bertz CT molecular complexity index is 282. The van der Waals surface area contributed by atoms with E-state index in [0.29, 0.717) is 6.04 Å². The zero-order valence-electron chi connectivity index (χ0n) is 13.6. The third-order valence-electron chi connectivity index (χ3n) is 5.36. The smallest absolute Gasteiger partial charge is 0.0679 e. The fraction of sp³-hybridized carbons (Fsp3) is 1.00. The molecule has 0 aromatic heterocycles. The Morgan fingerprint density at radius 2 is 2.05 bits per heavy atom. The summed E-state index contributed by atoms with van der Waals surface area (Å²) >= 11 is 0. The van der Waals surface area contributed by atoms with E-state index in [4.69, 9.17) is 0 Å². The number of hydrogen-bond acceptors (Lipinski definition) is 3. The van der Waals surface area contributed by atoms with Crippen LogP contribution in [0.5, 0.6) is 0 Å². The first-order valence-corrected chi connectivity index (χ1v) is 8.74. The van der Waals surface area contributed by atoms with Gasteiger partial charge in [-0.15, -0.1) is 0 Å². The van der Waals surface area contributed by atoms with E-state index in [2.05, 4.69) is 31.0 Å². The summed E-state index contributed by atoms with van der Waals surface area (Å²) in [6, 6.07) is 0.697. The van der Waals surface area contributed by atoms with E-state index in [1.165, 1.54) is 32.2 Å². The van der Waals surface area contributed by atoms with Crippen molar-refractivity contribution in [1.29, 1.82) is 0 Å². The number of nitrogens with zero attached hydrogens (tertiary/aromatic N) is 1. The highest BCUT2D eigenvalue weighted by molar-refractivity contribution is 4.89. The maximum atomic E-state index is 9.72. The Morgan fingerprint density at radius 3 is 2.65 bits per heavy atom. The van der Waals surface area contributed by atoms with Gasteiger partial charge in [0.15, 0.2) is 0 Å². The molecule has 0 bridgehead atoms. The summed E-state index contributed by atoms with van der Waals surface area (Å²) in [7, 11) is 0. The summed E-state index contributed by atoms with van der Waals surface area (Å²) < 4.78 is 0. The van der Waals surface area contributed by atoms with E-state index in [1.807, 2.05) is 0 Å². The van der Waals surface area contributed by atoms with Crippen molar-refractivity contribution >= 4 is 0 Å². The van der Waals surface area contributed by atoms with Gasteiger partial charge in [-0.3, -0.25) is 0 Å². The molecule has 4 unspecified atom stereocenters. The van der Waals surface area contributed by atoms with Gasteiger partial charge in [0, 0.05) is 25.7 Å². The fourth-order valence-corrected chi connectivity index (χ4v) is 4.02. The van der Waals surface area contributed by atoms with Crippen molar-refractivity contribution in [2.45, 2.75) is 65.0 Å². The summed E-state index contributed by atoms with van der Waals surface area (Å²) in [5.41, 5.74) is 0. The molecule has 0 radical (unpaired) electrons. The maximum absolute atomic E-state index is 9.72. The van der Waals surface area contributed by atoms with Crippen molar-refractivity contribution < 1.29 is 5.11 Å². The summed E-state index contributed by atoms with van der Waals surface area (Å²) in [6.45, 7) is 11.3. The van der Waals surface area contributed by atoms with Gasteiger partial charge in [-0.05, 0) is 56.4 Å². The minimum atomic E-state index is -0.0819. The molecule has 0 aromatic rings. The molecular formula is C17H34N2O. The molecule has 1 aliphatic heterocycles. The molecule has 3 nitrogen and oxygen atoms in total. The summed E-state index contributed by atoms with van der Waals surface area (Å²) in [4.78, 5) is 2.48. The van der Waals surface area contributed by atoms with Crippen LogP contribution in [-0.2, 0) is 0 Å². The van der Waals surface area contributed by atoms with Gasteiger partial charge in [0.25, 0.3) is 0 Å². The third-order valence-corrected chi connectivity index (χ3v) is 5.36. The van der Waals surface area contributed by atoms with Crippen molar-refractivity contribution in [3.8, 4) is 0 Å². The minimum absolute atomic E-state index is 0.0819. The van der Waals surface area contributed by atoms with Gasteiger partial charge in [0.2, 0.25) is 0 Å². The lowest BCUT2D eigenvalue weighted by molar-refractivity contribution is 0.120. The SMILES string of the molecule is CCCNC1CCC(C(C)C)CC1CN1CCC(O)C1. The fourth-order valence-electron chi connectivity index (χ4n) is 4.02. The van der Waals surface area contributed by atoms with E-state index in [9.17, 15) is 5.11 Å². The maximum Gasteiger partial charge on any atom is 0.0679 e. The number of β-amino-alcohol motifs (C(OH)–C–C–N with tert-alkyl or cyclic N) is 1. The van der Waals surface area contributed by atoms with Crippen LogP contribution >= 0.6 is 0 Å². The lowest BCUT2D eigenvalue weighted by Gasteiger charge is -2.40. The second kappa shape index (κ2) is 7.77. The Morgan fingerprint density at radius 1 is 1.25 bits per heavy atom. The first-order chi connectivity index (χ1) is 9.60. The first-order valence-electron chi connectivity index (χ1n) is 8.74. The van der Waals surface area contributed by atoms with Crippen LogP contribution in [0.3, 0.4) is 0 Å². The zero-order chi connectivity index (χ0) is 14.5. The van der Waals surface area contributed by atoms with E-state index in [1.54, 1.807) is 0 Å². The van der Waals surface area contributed by atoms with Crippen molar-refractivity contribution in [3.63, 3.8) is 0 Å². The Balaban J connectivity index is 1.90. The second-order valence-electron chi connectivity index (χ2n) is 7.34. The number of nitrogens with one attached hydrogen (secondary N) is 1. The molecule has 3 heteroatoms. The average molecular weight is 282 g/mol. The van der Waals surface area contributed by atoms with Crippen molar-refractivity contribution in [2.24, 2.45) is 17.8 Å². The summed E-state index contributed by atoms with van der Waals surface area (Å²) in [5, 5.41) is 13.5. The molecule has 0 spiro atoms. The van der Waals surface area contributed by atoms with E-state index in [0.717, 1.165) is 43.8 Å². The molecule has 2 fully saturated rings. The predicted octanol–water partition coefficient (Wildman–Crippen LogP) is 2.49. The van der Waals surface area contributed by atoms with Crippen LogP contribution in [0.4, 0.5) is 0 Å². The molecule has 1 aliphatic carbocycles. The Hall–Kier alpha value is -0.120. The molecule has 1 heterocycles. The molecule has 1 saturated heterocycles. The van der Waals surface area contributed by atoms with Crippen LogP contribution in [-0.4, -0.2) is 48.3 Å². The topological polar surface area (TPSA) is 35.5 Å². The van der Waals surface area contributed by atoms with Crippen molar-refractivity contribution in [3.05, 3.63) is 0 Å². The average Bonchev–Trinajstić information content (AvgIpc) is 2.82. The lowest BCUT2D eigenvalue weighted by Crippen LogP contribution is -2.46. The predicted molar refractivity (Wildman–Crippen MR) is 84.8 cm³/mol. The molecule has 4 atom stereocenters. The van der Waals surface area contributed by atoms with E-state index < -0.39 is 0 Å². The molecule has 0 amide bonds.